The topological polar surface area (TPSA) is 68.3 Å². The molecular weight excluding hydrogens is 293 g/mol. The van der Waals surface area contributed by atoms with Crippen molar-refractivity contribution in [1.82, 2.24) is 8.87 Å². The van der Waals surface area contributed by atoms with Crippen molar-refractivity contribution in [2.75, 3.05) is 7.05 Å². The molecule has 2 rings (SSSR count). The number of aromatic nitrogens is 1. The maximum atomic E-state index is 12.9. The Morgan fingerprint density at radius 1 is 1.29 bits per heavy atom. The summed E-state index contributed by atoms with van der Waals surface area (Å²) in [6.07, 6.45) is 1.54. The fraction of sp³-hybridized carbons (Fsp3) is 0.286. The highest BCUT2D eigenvalue weighted by Gasteiger charge is 2.23. The zero-order valence-corrected chi connectivity index (χ0v) is 12.8. The van der Waals surface area contributed by atoms with Gasteiger partial charge in [-0.15, -0.1) is 0 Å². The number of halogens is 1. The SMILES string of the molecule is CN(Cc1ccc(F)cc1)S(=O)(=O)c1cc(CN)n(C)c1. The van der Waals surface area contributed by atoms with E-state index in [-0.39, 0.29) is 23.8 Å². The van der Waals surface area contributed by atoms with E-state index in [9.17, 15) is 12.8 Å². The van der Waals surface area contributed by atoms with E-state index >= 15 is 0 Å². The fourth-order valence-electron chi connectivity index (χ4n) is 2.03. The van der Waals surface area contributed by atoms with Gasteiger partial charge in [-0.05, 0) is 23.8 Å². The number of sulfonamides is 1. The molecule has 0 amide bonds. The molecule has 0 aliphatic heterocycles. The average molecular weight is 311 g/mol. The Bertz CT molecular complexity index is 723. The highest BCUT2D eigenvalue weighted by Crippen LogP contribution is 2.19. The standard InChI is InChI=1S/C14H18FN3O2S/c1-17-10-14(7-13(17)8-16)21(19,20)18(2)9-11-3-5-12(15)6-4-11/h3-7,10H,8-9,16H2,1-2H3. The van der Waals surface area contributed by atoms with Gasteiger partial charge in [0.2, 0.25) is 10.0 Å². The Morgan fingerprint density at radius 2 is 1.90 bits per heavy atom. The summed E-state index contributed by atoms with van der Waals surface area (Å²) in [7, 11) is -0.351. The molecule has 0 saturated heterocycles. The highest BCUT2D eigenvalue weighted by atomic mass is 32.2. The smallest absolute Gasteiger partial charge is 0.244 e. The van der Waals surface area contributed by atoms with E-state index in [1.807, 2.05) is 0 Å². The molecule has 0 radical (unpaired) electrons. The lowest BCUT2D eigenvalue weighted by Crippen LogP contribution is -2.26. The second-order valence-electron chi connectivity index (χ2n) is 4.87. The van der Waals surface area contributed by atoms with Crippen LogP contribution in [0.15, 0.2) is 41.4 Å². The first-order valence-corrected chi connectivity index (χ1v) is 7.84. The number of benzene rings is 1. The van der Waals surface area contributed by atoms with E-state index in [1.54, 1.807) is 36.0 Å². The summed E-state index contributed by atoms with van der Waals surface area (Å²) in [6, 6.07) is 7.32. The summed E-state index contributed by atoms with van der Waals surface area (Å²) in [6.45, 7) is 0.448. The van der Waals surface area contributed by atoms with Crippen LogP contribution in [0, 0.1) is 5.82 Å². The van der Waals surface area contributed by atoms with Crippen LogP contribution in [-0.4, -0.2) is 24.3 Å². The van der Waals surface area contributed by atoms with Crippen molar-refractivity contribution in [1.29, 1.82) is 0 Å². The van der Waals surface area contributed by atoms with Crippen molar-refractivity contribution in [3.8, 4) is 0 Å². The van der Waals surface area contributed by atoms with Crippen molar-refractivity contribution in [3.05, 3.63) is 53.6 Å². The Kier molecular flexibility index (Phi) is 4.46. The molecule has 0 bridgehead atoms. The lowest BCUT2D eigenvalue weighted by atomic mass is 10.2. The zero-order valence-electron chi connectivity index (χ0n) is 12.0. The highest BCUT2D eigenvalue weighted by molar-refractivity contribution is 7.89. The first kappa shape index (κ1) is 15.7. The Balaban J connectivity index is 2.23. The van der Waals surface area contributed by atoms with Gasteiger partial charge in [0.25, 0.3) is 0 Å². The van der Waals surface area contributed by atoms with Crippen molar-refractivity contribution in [2.45, 2.75) is 18.0 Å². The van der Waals surface area contributed by atoms with Crippen molar-refractivity contribution in [3.63, 3.8) is 0 Å². The van der Waals surface area contributed by atoms with Gasteiger partial charge in [0.05, 0.1) is 0 Å². The predicted molar refractivity (Wildman–Crippen MR) is 78.4 cm³/mol. The van der Waals surface area contributed by atoms with Gasteiger partial charge < -0.3 is 10.3 Å². The zero-order chi connectivity index (χ0) is 15.6. The summed E-state index contributed by atoms with van der Waals surface area (Å²) < 4.78 is 40.8. The summed E-state index contributed by atoms with van der Waals surface area (Å²) in [5.74, 6) is -0.347. The third kappa shape index (κ3) is 3.31. The van der Waals surface area contributed by atoms with E-state index in [2.05, 4.69) is 0 Å². The Hall–Kier alpha value is -1.70. The lowest BCUT2D eigenvalue weighted by Gasteiger charge is -2.16. The van der Waals surface area contributed by atoms with Gasteiger partial charge >= 0.3 is 0 Å². The van der Waals surface area contributed by atoms with Gasteiger partial charge in [-0.1, -0.05) is 12.1 Å². The minimum absolute atomic E-state index is 0.176. The molecule has 0 atom stereocenters. The van der Waals surface area contributed by atoms with Crippen LogP contribution in [-0.2, 0) is 30.2 Å². The molecule has 0 unspecified atom stereocenters. The minimum Gasteiger partial charge on any atom is -0.352 e. The number of hydrogen-bond donors (Lipinski definition) is 1. The molecule has 0 fully saturated rings. The molecule has 0 aliphatic carbocycles. The van der Waals surface area contributed by atoms with Crippen LogP contribution < -0.4 is 5.73 Å². The van der Waals surface area contributed by atoms with Gasteiger partial charge in [0.15, 0.2) is 0 Å². The fourth-order valence-corrected chi connectivity index (χ4v) is 3.29. The minimum atomic E-state index is -3.60. The molecule has 0 saturated carbocycles. The molecule has 0 aliphatic rings. The van der Waals surface area contributed by atoms with E-state index < -0.39 is 10.0 Å². The monoisotopic (exact) mass is 311 g/mol. The maximum Gasteiger partial charge on any atom is 0.244 e. The Morgan fingerprint density at radius 3 is 2.43 bits per heavy atom. The van der Waals surface area contributed by atoms with E-state index in [4.69, 9.17) is 5.73 Å². The van der Waals surface area contributed by atoms with Crippen molar-refractivity contribution < 1.29 is 12.8 Å². The molecule has 21 heavy (non-hydrogen) atoms. The van der Waals surface area contributed by atoms with Crippen LogP contribution in [0.3, 0.4) is 0 Å². The first-order valence-electron chi connectivity index (χ1n) is 6.40. The molecule has 2 N–H and O–H groups in total. The average Bonchev–Trinajstić information content (AvgIpc) is 2.83. The van der Waals surface area contributed by atoms with Crippen LogP contribution in [0.25, 0.3) is 0 Å². The largest absolute Gasteiger partial charge is 0.352 e. The number of aryl methyl sites for hydroxylation is 1. The summed E-state index contributed by atoms with van der Waals surface area (Å²) in [5, 5.41) is 0. The molecule has 1 heterocycles. The molecule has 0 spiro atoms. The summed E-state index contributed by atoms with van der Waals surface area (Å²) in [5.41, 5.74) is 7.02. The molecule has 1 aromatic heterocycles. The quantitative estimate of drug-likeness (QED) is 0.908. The second kappa shape index (κ2) is 5.97. The van der Waals surface area contributed by atoms with Gasteiger partial charge in [-0.2, -0.15) is 4.31 Å². The van der Waals surface area contributed by atoms with Crippen molar-refractivity contribution >= 4 is 10.0 Å². The van der Waals surface area contributed by atoms with Gasteiger partial charge in [0, 0.05) is 39.1 Å². The van der Waals surface area contributed by atoms with Crippen LogP contribution in [0.1, 0.15) is 11.3 Å². The van der Waals surface area contributed by atoms with Crippen LogP contribution in [0.4, 0.5) is 4.39 Å². The summed E-state index contributed by atoms with van der Waals surface area (Å²) in [4.78, 5) is 0.204. The number of nitrogens with two attached hydrogens (primary N) is 1. The van der Waals surface area contributed by atoms with Gasteiger partial charge in [-0.3, -0.25) is 0 Å². The van der Waals surface area contributed by atoms with Crippen LogP contribution >= 0.6 is 0 Å². The second-order valence-corrected chi connectivity index (χ2v) is 6.91. The molecule has 2 aromatic rings. The van der Waals surface area contributed by atoms with Crippen LogP contribution in [0.5, 0.6) is 0 Å². The van der Waals surface area contributed by atoms with E-state index in [1.165, 1.54) is 23.5 Å². The molecular formula is C14H18FN3O2S. The summed E-state index contributed by atoms with van der Waals surface area (Å²) >= 11 is 0. The molecule has 114 valence electrons. The first-order chi connectivity index (χ1) is 9.84. The van der Waals surface area contributed by atoms with Crippen molar-refractivity contribution in [2.24, 2.45) is 12.8 Å². The number of rotatable bonds is 5. The van der Waals surface area contributed by atoms with E-state index in [0.29, 0.717) is 0 Å². The predicted octanol–water partition coefficient (Wildman–Crippen LogP) is 1.44. The lowest BCUT2D eigenvalue weighted by molar-refractivity contribution is 0.466. The van der Waals surface area contributed by atoms with E-state index in [0.717, 1.165) is 11.3 Å². The normalized spacial score (nSPS) is 12.0. The maximum absolute atomic E-state index is 12.9. The van der Waals surface area contributed by atoms with Crippen LogP contribution in [0.2, 0.25) is 0 Å². The molecule has 7 heteroatoms. The molecule has 5 nitrogen and oxygen atoms in total. The van der Waals surface area contributed by atoms with Gasteiger partial charge in [0.1, 0.15) is 10.7 Å². The third-order valence-electron chi connectivity index (χ3n) is 3.32. The number of nitrogens with zero attached hydrogens (tertiary/aromatic N) is 2. The molecule has 1 aromatic carbocycles. The number of hydrogen-bond acceptors (Lipinski definition) is 3. The van der Waals surface area contributed by atoms with Gasteiger partial charge in [-0.25, -0.2) is 12.8 Å². The Labute approximate surface area is 123 Å². The third-order valence-corrected chi connectivity index (χ3v) is 5.09.